The summed E-state index contributed by atoms with van der Waals surface area (Å²) < 4.78 is 6.77. The topological polar surface area (TPSA) is 30.2 Å². The number of methoxy groups -OCH3 is 1. The van der Waals surface area contributed by atoms with Gasteiger partial charge in [-0.2, -0.15) is 4.57 Å². The Kier molecular flexibility index (Phi) is 4.31. The van der Waals surface area contributed by atoms with E-state index in [1.54, 1.807) is 54.4 Å². The smallest absolute Gasteiger partial charge is 0.193 e. The second-order valence-electron chi connectivity index (χ2n) is 3.88. The first-order chi connectivity index (χ1) is 9.19. The molecule has 0 saturated heterocycles. The molecule has 0 amide bonds. The van der Waals surface area contributed by atoms with Gasteiger partial charge >= 0.3 is 0 Å². The molecule has 0 saturated carbocycles. The summed E-state index contributed by atoms with van der Waals surface area (Å²) >= 11 is 5.86. The second kappa shape index (κ2) is 6.16. The number of ether oxygens (including phenoxy) is 1. The van der Waals surface area contributed by atoms with Gasteiger partial charge in [-0.15, -0.1) is 0 Å². The SMILES string of the molecule is COc1ccc(C(=O)C=C[n+]2cccc(Cl)c2)cc1. The maximum atomic E-state index is 11.9. The van der Waals surface area contributed by atoms with Crippen molar-refractivity contribution in [1.82, 2.24) is 0 Å². The number of carbonyl (C=O) groups excluding carboxylic acids is 1. The van der Waals surface area contributed by atoms with E-state index in [0.29, 0.717) is 10.6 Å². The zero-order valence-corrected chi connectivity index (χ0v) is 11.2. The van der Waals surface area contributed by atoms with Crippen LogP contribution in [0.15, 0.2) is 54.9 Å². The Balaban J connectivity index is 2.11. The van der Waals surface area contributed by atoms with Crippen LogP contribution in [0, 0.1) is 0 Å². The number of carbonyl (C=O) groups is 1. The van der Waals surface area contributed by atoms with E-state index in [1.165, 1.54) is 6.08 Å². The maximum absolute atomic E-state index is 11.9. The summed E-state index contributed by atoms with van der Waals surface area (Å²) in [6.45, 7) is 0. The van der Waals surface area contributed by atoms with Crippen molar-refractivity contribution in [2.75, 3.05) is 7.11 Å². The van der Waals surface area contributed by atoms with Crippen molar-refractivity contribution in [1.29, 1.82) is 0 Å². The molecule has 96 valence electrons. The number of halogens is 1. The van der Waals surface area contributed by atoms with E-state index in [1.807, 2.05) is 12.3 Å². The number of benzene rings is 1. The first-order valence-corrected chi connectivity index (χ1v) is 6.10. The van der Waals surface area contributed by atoms with Gasteiger partial charge < -0.3 is 4.74 Å². The standard InChI is InChI=1S/C15H13ClNO2/c1-19-14-6-4-12(5-7-14)15(18)8-10-17-9-2-3-13(16)11-17/h2-11H,1H3/q+1. The summed E-state index contributed by atoms with van der Waals surface area (Å²) in [5, 5.41) is 0.615. The van der Waals surface area contributed by atoms with Gasteiger partial charge in [-0.3, -0.25) is 4.79 Å². The predicted molar refractivity (Wildman–Crippen MR) is 74.3 cm³/mol. The monoisotopic (exact) mass is 274 g/mol. The summed E-state index contributed by atoms with van der Waals surface area (Å²) in [5.74, 6) is 0.653. The van der Waals surface area contributed by atoms with E-state index >= 15 is 0 Å². The van der Waals surface area contributed by atoms with Gasteiger partial charge in [0.1, 0.15) is 10.8 Å². The van der Waals surface area contributed by atoms with Crippen LogP contribution in [0.25, 0.3) is 6.20 Å². The molecule has 0 aliphatic heterocycles. The summed E-state index contributed by atoms with van der Waals surface area (Å²) in [6, 6.07) is 10.6. The maximum Gasteiger partial charge on any atom is 0.193 e. The third kappa shape index (κ3) is 3.66. The summed E-state index contributed by atoms with van der Waals surface area (Å²) in [5.41, 5.74) is 0.611. The quantitative estimate of drug-likeness (QED) is 0.487. The number of allylic oxidation sites excluding steroid dienone is 1. The lowest BCUT2D eigenvalue weighted by molar-refractivity contribution is -0.568. The molecule has 0 radical (unpaired) electrons. The third-order valence-corrected chi connectivity index (χ3v) is 2.78. The van der Waals surface area contributed by atoms with Crippen LogP contribution in [0.4, 0.5) is 0 Å². The van der Waals surface area contributed by atoms with Crippen molar-refractivity contribution >= 4 is 23.6 Å². The minimum absolute atomic E-state index is 0.0740. The lowest BCUT2D eigenvalue weighted by Crippen LogP contribution is -2.24. The molecule has 19 heavy (non-hydrogen) atoms. The average Bonchev–Trinajstić information content (AvgIpc) is 2.45. The molecule has 4 heteroatoms. The molecule has 2 aromatic rings. The Morgan fingerprint density at radius 2 is 2.00 bits per heavy atom. The first-order valence-electron chi connectivity index (χ1n) is 5.72. The first kappa shape index (κ1) is 13.3. The number of aromatic nitrogens is 1. The molecule has 0 aliphatic rings. The molecule has 3 nitrogen and oxygen atoms in total. The zero-order chi connectivity index (χ0) is 13.7. The van der Waals surface area contributed by atoms with Crippen molar-refractivity contribution < 1.29 is 14.1 Å². The van der Waals surface area contributed by atoms with E-state index in [9.17, 15) is 4.79 Å². The lowest BCUT2D eigenvalue weighted by Gasteiger charge is -1.99. The van der Waals surface area contributed by atoms with Crippen molar-refractivity contribution in [3.05, 3.63) is 65.5 Å². The lowest BCUT2D eigenvalue weighted by atomic mass is 10.1. The molecule has 0 bridgehead atoms. The van der Waals surface area contributed by atoms with Crippen LogP contribution in [0.2, 0.25) is 5.02 Å². The molecule has 1 heterocycles. The van der Waals surface area contributed by atoms with Gasteiger partial charge in [-0.1, -0.05) is 11.6 Å². The molecule has 0 spiro atoms. The Morgan fingerprint density at radius 3 is 2.63 bits per heavy atom. The van der Waals surface area contributed by atoms with Crippen LogP contribution in [-0.2, 0) is 0 Å². The summed E-state index contributed by atoms with van der Waals surface area (Å²) in [4.78, 5) is 11.9. The van der Waals surface area contributed by atoms with Gasteiger partial charge in [0.25, 0.3) is 0 Å². The zero-order valence-electron chi connectivity index (χ0n) is 10.4. The van der Waals surface area contributed by atoms with Gasteiger partial charge in [0.05, 0.1) is 13.2 Å². The fourth-order valence-corrected chi connectivity index (χ4v) is 1.75. The molecular formula is C15H13ClNO2+. The molecule has 0 aliphatic carbocycles. The molecule has 1 aromatic carbocycles. The highest BCUT2D eigenvalue weighted by atomic mass is 35.5. The van der Waals surface area contributed by atoms with Crippen LogP contribution >= 0.6 is 11.6 Å². The molecule has 2 rings (SSSR count). The number of ketones is 1. The molecular weight excluding hydrogens is 262 g/mol. The number of pyridine rings is 1. The molecule has 0 N–H and O–H groups in total. The van der Waals surface area contributed by atoms with Crippen LogP contribution in [0.5, 0.6) is 5.75 Å². The summed E-state index contributed by atoms with van der Waals surface area (Å²) in [6.07, 6.45) is 6.69. The third-order valence-electron chi connectivity index (χ3n) is 2.56. The molecule has 0 unspecified atom stereocenters. The highest BCUT2D eigenvalue weighted by molar-refractivity contribution is 6.30. The van der Waals surface area contributed by atoms with E-state index in [2.05, 4.69) is 0 Å². The van der Waals surface area contributed by atoms with Crippen LogP contribution in [0.1, 0.15) is 10.4 Å². The van der Waals surface area contributed by atoms with Crippen LogP contribution in [-0.4, -0.2) is 12.9 Å². The Hall–Kier alpha value is -2.13. The summed E-state index contributed by atoms with van der Waals surface area (Å²) in [7, 11) is 1.59. The Bertz CT molecular complexity index is 606. The number of hydrogen-bond donors (Lipinski definition) is 0. The minimum Gasteiger partial charge on any atom is -0.497 e. The average molecular weight is 275 g/mol. The van der Waals surface area contributed by atoms with E-state index in [-0.39, 0.29) is 5.78 Å². The molecule has 0 fully saturated rings. The van der Waals surface area contributed by atoms with Gasteiger partial charge in [0.2, 0.25) is 0 Å². The van der Waals surface area contributed by atoms with Crippen molar-refractivity contribution in [3.63, 3.8) is 0 Å². The largest absolute Gasteiger partial charge is 0.497 e. The molecule has 0 atom stereocenters. The van der Waals surface area contributed by atoms with Gasteiger partial charge in [0.15, 0.2) is 24.4 Å². The minimum atomic E-state index is -0.0740. The highest BCUT2D eigenvalue weighted by Gasteiger charge is 2.04. The van der Waals surface area contributed by atoms with Gasteiger partial charge in [-0.05, 0) is 30.3 Å². The van der Waals surface area contributed by atoms with Crippen molar-refractivity contribution in [2.24, 2.45) is 0 Å². The fourth-order valence-electron chi connectivity index (χ4n) is 1.56. The number of nitrogens with zero attached hydrogens (tertiary/aromatic N) is 1. The molecule has 1 aromatic heterocycles. The predicted octanol–water partition coefficient (Wildman–Crippen LogP) is 2.99. The number of rotatable bonds is 4. The Labute approximate surface area is 116 Å². The van der Waals surface area contributed by atoms with Gasteiger partial charge in [0, 0.05) is 11.6 Å². The second-order valence-corrected chi connectivity index (χ2v) is 4.31. The normalized spacial score (nSPS) is 10.6. The van der Waals surface area contributed by atoms with E-state index in [4.69, 9.17) is 16.3 Å². The van der Waals surface area contributed by atoms with Crippen molar-refractivity contribution in [3.8, 4) is 5.75 Å². The van der Waals surface area contributed by atoms with E-state index in [0.717, 1.165) is 5.75 Å². The van der Waals surface area contributed by atoms with Crippen molar-refractivity contribution in [2.45, 2.75) is 0 Å². The van der Waals surface area contributed by atoms with E-state index < -0.39 is 0 Å². The fraction of sp³-hybridized carbons (Fsp3) is 0.0667. The Morgan fingerprint density at radius 1 is 1.26 bits per heavy atom. The van der Waals surface area contributed by atoms with Gasteiger partial charge in [-0.25, -0.2) is 0 Å². The number of hydrogen-bond acceptors (Lipinski definition) is 2. The van der Waals surface area contributed by atoms with Crippen LogP contribution < -0.4 is 9.30 Å². The highest BCUT2D eigenvalue weighted by Crippen LogP contribution is 2.12. The van der Waals surface area contributed by atoms with Crippen LogP contribution in [0.3, 0.4) is 0 Å².